The maximum Gasteiger partial charge on any atom is 0.161 e. The minimum Gasteiger partial charge on any atom is -0.493 e. The van der Waals surface area contributed by atoms with Crippen LogP contribution in [0.25, 0.3) is 0 Å². The predicted octanol–water partition coefficient (Wildman–Crippen LogP) is 1.36. The van der Waals surface area contributed by atoms with E-state index in [1.165, 1.54) is 11.1 Å². The smallest absolute Gasteiger partial charge is 0.161 e. The molecule has 0 aliphatic heterocycles. The van der Waals surface area contributed by atoms with Crippen molar-refractivity contribution in [1.29, 1.82) is 0 Å². The van der Waals surface area contributed by atoms with Crippen LogP contribution in [0.5, 0.6) is 11.5 Å². The van der Waals surface area contributed by atoms with Crippen LogP contribution in [0.1, 0.15) is 11.1 Å². The lowest BCUT2D eigenvalue weighted by Crippen LogP contribution is -2.26. The van der Waals surface area contributed by atoms with Crippen LogP contribution in [-0.4, -0.2) is 40.9 Å². The van der Waals surface area contributed by atoms with Crippen molar-refractivity contribution in [2.75, 3.05) is 40.9 Å². The third-order valence-corrected chi connectivity index (χ3v) is 2.97. The summed E-state index contributed by atoms with van der Waals surface area (Å²) in [6.07, 6.45) is 0.996. The third kappa shape index (κ3) is 4.20. The number of benzene rings is 1. The average molecular weight is 252 g/mol. The standard InChI is InChI=1S/C14H24N2O2/c1-11-9-13(17-3)14(18-4)10-12(11)5-6-16-8-7-15-2/h9-10,15-16H,5-8H2,1-4H3. The second kappa shape index (κ2) is 7.95. The second-order valence-electron chi connectivity index (χ2n) is 4.24. The van der Waals surface area contributed by atoms with Gasteiger partial charge in [0.25, 0.3) is 0 Å². The van der Waals surface area contributed by atoms with Crippen LogP contribution in [0.3, 0.4) is 0 Å². The Morgan fingerprint density at radius 2 is 1.67 bits per heavy atom. The summed E-state index contributed by atoms with van der Waals surface area (Å²) in [6, 6.07) is 4.09. The quantitative estimate of drug-likeness (QED) is 0.686. The molecule has 1 rings (SSSR count). The van der Waals surface area contributed by atoms with Crippen LogP contribution in [-0.2, 0) is 6.42 Å². The zero-order chi connectivity index (χ0) is 13.4. The summed E-state index contributed by atoms with van der Waals surface area (Å²) < 4.78 is 10.6. The first-order valence-electron chi connectivity index (χ1n) is 6.29. The van der Waals surface area contributed by atoms with Crippen molar-refractivity contribution in [3.63, 3.8) is 0 Å². The Bertz CT molecular complexity index is 367. The van der Waals surface area contributed by atoms with Gasteiger partial charge in [-0.3, -0.25) is 0 Å². The van der Waals surface area contributed by atoms with Gasteiger partial charge in [-0.1, -0.05) is 0 Å². The van der Waals surface area contributed by atoms with Gasteiger partial charge in [-0.15, -0.1) is 0 Å². The van der Waals surface area contributed by atoms with Crippen molar-refractivity contribution in [3.8, 4) is 11.5 Å². The fourth-order valence-electron chi connectivity index (χ4n) is 1.85. The molecular formula is C14H24N2O2. The number of methoxy groups -OCH3 is 2. The minimum absolute atomic E-state index is 0.793. The molecule has 0 bridgehead atoms. The SMILES string of the molecule is CNCCNCCc1cc(OC)c(OC)cc1C. The molecule has 0 saturated heterocycles. The van der Waals surface area contributed by atoms with Gasteiger partial charge < -0.3 is 20.1 Å². The molecule has 0 heterocycles. The fourth-order valence-corrected chi connectivity index (χ4v) is 1.85. The second-order valence-corrected chi connectivity index (χ2v) is 4.24. The topological polar surface area (TPSA) is 42.5 Å². The van der Waals surface area contributed by atoms with Gasteiger partial charge in [0, 0.05) is 13.1 Å². The van der Waals surface area contributed by atoms with E-state index in [-0.39, 0.29) is 0 Å². The highest BCUT2D eigenvalue weighted by Crippen LogP contribution is 2.30. The van der Waals surface area contributed by atoms with Gasteiger partial charge in [0.1, 0.15) is 0 Å². The van der Waals surface area contributed by atoms with Gasteiger partial charge in [0.05, 0.1) is 14.2 Å². The summed E-state index contributed by atoms with van der Waals surface area (Å²) in [5.74, 6) is 1.59. The third-order valence-electron chi connectivity index (χ3n) is 2.97. The molecule has 0 aliphatic rings. The van der Waals surface area contributed by atoms with E-state index in [0.29, 0.717) is 0 Å². The molecule has 0 fully saturated rings. The summed E-state index contributed by atoms with van der Waals surface area (Å²) in [5, 5.41) is 6.51. The number of rotatable bonds is 8. The molecule has 0 unspecified atom stereocenters. The lowest BCUT2D eigenvalue weighted by molar-refractivity contribution is 0.354. The summed E-state index contributed by atoms with van der Waals surface area (Å²) >= 11 is 0. The molecule has 0 radical (unpaired) electrons. The zero-order valence-corrected chi connectivity index (χ0v) is 11.8. The molecule has 0 aliphatic carbocycles. The molecule has 1 aromatic carbocycles. The zero-order valence-electron chi connectivity index (χ0n) is 11.8. The number of hydrogen-bond donors (Lipinski definition) is 2. The maximum absolute atomic E-state index is 5.32. The lowest BCUT2D eigenvalue weighted by Gasteiger charge is -2.13. The van der Waals surface area contributed by atoms with E-state index >= 15 is 0 Å². The minimum atomic E-state index is 0.793. The van der Waals surface area contributed by atoms with Crippen molar-refractivity contribution >= 4 is 0 Å². The first-order chi connectivity index (χ1) is 8.72. The molecule has 1 aromatic rings. The number of aryl methyl sites for hydroxylation is 1. The fraction of sp³-hybridized carbons (Fsp3) is 0.571. The Morgan fingerprint density at radius 1 is 1.00 bits per heavy atom. The highest BCUT2D eigenvalue weighted by Gasteiger charge is 2.07. The average Bonchev–Trinajstić information content (AvgIpc) is 2.39. The van der Waals surface area contributed by atoms with E-state index in [4.69, 9.17) is 9.47 Å². The van der Waals surface area contributed by atoms with E-state index < -0.39 is 0 Å². The van der Waals surface area contributed by atoms with Crippen LogP contribution in [0.2, 0.25) is 0 Å². The van der Waals surface area contributed by atoms with Crippen molar-refractivity contribution < 1.29 is 9.47 Å². The van der Waals surface area contributed by atoms with E-state index in [0.717, 1.165) is 37.6 Å². The molecule has 4 heteroatoms. The van der Waals surface area contributed by atoms with Gasteiger partial charge in [-0.2, -0.15) is 0 Å². The molecule has 0 atom stereocenters. The Labute approximate surface area is 110 Å². The number of hydrogen-bond acceptors (Lipinski definition) is 4. The van der Waals surface area contributed by atoms with E-state index in [9.17, 15) is 0 Å². The molecular weight excluding hydrogens is 228 g/mol. The molecule has 0 saturated carbocycles. The van der Waals surface area contributed by atoms with Gasteiger partial charge in [-0.25, -0.2) is 0 Å². The first-order valence-corrected chi connectivity index (χ1v) is 6.29. The van der Waals surface area contributed by atoms with Crippen LogP contribution >= 0.6 is 0 Å². The Morgan fingerprint density at radius 3 is 2.28 bits per heavy atom. The number of likely N-dealkylation sites (N-methyl/N-ethyl adjacent to an activating group) is 1. The maximum atomic E-state index is 5.32. The highest BCUT2D eigenvalue weighted by atomic mass is 16.5. The molecule has 102 valence electrons. The predicted molar refractivity (Wildman–Crippen MR) is 74.8 cm³/mol. The monoisotopic (exact) mass is 252 g/mol. The summed E-state index contributed by atoms with van der Waals surface area (Å²) in [7, 11) is 5.29. The van der Waals surface area contributed by atoms with Gasteiger partial charge in [0.15, 0.2) is 11.5 Å². The Balaban J connectivity index is 2.59. The van der Waals surface area contributed by atoms with Gasteiger partial charge in [0.2, 0.25) is 0 Å². The summed E-state index contributed by atoms with van der Waals surface area (Å²) in [5.41, 5.74) is 2.53. The Hall–Kier alpha value is -1.26. The normalized spacial score (nSPS) is 10.4. The summed E-state index contributed by atoms with van der Waals surface area (Å²) in [4.78, 5) is 0. The summed E-state index contributed by atoms with van der Waals surface area (Å²) in [6.45, 7) is 5.05. The van der Waals surface area contributed by atoms with Crippen LogP contribution in [0.15, 0.2) is 12.1 Å². The lowest BCUT2D eigenvalue weighted by atomic mass is 10.0. The van der Waals surface area contributed by atoms with E-state index in [1.807, 2.05) is 13.1 Å². The van der Waals surface area contributed by atoms with Crippen LogP contribution < -0.4 is 20.1 Å². The Kier molecular flexibility index (Phi) is 6.54. The number of ether oxygens (including phenoxy) is 2. The van der Waals surface area contributed by atoms with Crippen molar-refractivity contribution in [3.05, 3.63) is 23.3 Å². The molecule has 0 amide bonds. The van der Waals surface area contributed by atoms with Crippen LogP contribution in [0, 0.1) is 6.92 Å². The largest absolute Gasteiger partial charge is 0.493 e. The van der Waals surface area contributed by atoms with E-state index in [1.54, 1.807) is 14.2 Å². The number of nitrogens with one attached hydrogen (secondary N) is 2. The van der Waals surface area contributed by atoms with Gasteiger partial charge >= 0.3 is 0 Å². The molecule has 0 spiro atoms. The molecule has 0 aromatic heterocycles. The first kappa shape index (κ1) is 14.8. The van der Waals surface area contributed by atoms with Crippen molar-refractivity contribution in [2.24, 2.45) is 0 Å². The highest BCUT2D eigenvalue weighted by molar-refractivity contribution is 5.47. The molecule has 18 heavy (non-hydrogen) atoms. The van der Waals surface area contributed by atoms with Crippen molar-refractivity contribution in [1.82, 2.24) is 10.6 Å². The van der Waals surface area contributed by atoms with E-state index in [2.05, 4.69) is 23.6 Å². The van der Waals surface area contributed by atoms with Gasteiger partial charge in [-0.05, 0) is 50.2 Å². The van der Waals surface area contributed by atoms with Crippen molar-refractivity contribution in [2.45, 2.75) is 13.3 Å². The molecule has 4 nitrogen and oxygen atoms in total. The molecule has 2 N–H and O–H groups in total. The van der Waals surface area contributed by atoms with Crippen LogP contribution in [0.4, 0.5) is 0 Å².